The lowest BCUT2D eigenvalue weighted by atomic mass is 9.84. The van der Waals surface area contributed by atoms with Crippen molar-refractivity contribution in [2.24, 2.45) is 11.1 Å². The molecular weight excluding hydrogens is 250 g/mol. The summed E-state index contributed by atoms with van der Waals surface area (Å²) >= 11 is 0. The molecule has 0 spiro atoms. The van der Waals surface area contributed by atoms with Gasteiger partial charge in [-0.2, -0.15) is 0 Å². The molecule has 1 aromatic rings. The molecular formula is C16H27N3O. The van der Waals surface area contributed by atoms with Crippen molar-refractivity contribution in [2.75, 3.05) is 25.5 Å². The standard InChI is InChI=1S/C16H27N3O/c1-16(2,3)14(10-11-17)18-15(20)12-6-8-13(9-7-12)19(4)5/h6-9,14H,10-11,17H2,1-5H3,(H,18,20). The summed E-state index contributed by atoms with van der Waals surface area (Å²) in [4.78, 5) is 14.3. The molecule has 3 N–H and O–H groups in total. The molecule has 0 bridgehead atoms. The van der Waals surface area contributed by atoms with Crippen LogP contribution in [-0.2, 0) is 0 Å². The van der Waals surface area contributed by atoms with E-state index in [2.05, 4.69) is 26.1 Å². The van der Waals surface area contributed by atoms with Crippen molar-refractivity contribution in [2.45, 2.75) is 33.2 Å². The van der Waals surface area contributed by atoms with Gasteiger partial charge in [0, 0.05) is 31.4 Å². The van der Waals surface area contributed by atoms with E-state index < -0.39 is 0 Å². The van der Waals surface area contributed by atoms with Crippen LogP contribution < -0.4 is 16.0 Å². The van der Waals surface area contributed by atoms with Gasteiger partial charge in [0.2, 0.25) is 0 Å². The van der Waals surface area contributed by atoms with Gasteiger partial charge in [-0.3, -0.25) is 4.79 Å². The number of anilines is 1. The van der Waals surface area contributed by atoms with Crippen LogP contribution in [0.1, 0.15) is 37.6 Å². The number of hydrogen-bond donors (Lipinski definition) is 2. The van der Waals surface area contributed by atoms with E-state index in [1.54, 1.807) is 0 Å². The van der Waals surface area contributed by atoms with E-state index in [4.69, 9.17) is 5.73 Å². The Morgan fingerprint density at radius 1 is 1.25 bits per heavy atom. The van der Waals surface area contributed by atoms with Crippen LogP contribution in [0.2, 0.25) is 0 Å². The predicted octanol–water partition coefficient (Wildman–Crippen LogP) is 2.25. The lowest BCUT2D eigenvalue weighted by Gasteiger charge is -2.31. The van der Waals surface area contributed by atoms with Crippen molar-refractivity contribution in [3.63, 3.8) is 0 Å². The lowest BCUT2D eigenvalue weighted by molar-refractivity contribution is 0.0899. The molecule has 0 aromatic heterocycles. The van der Waals surface area contributed by atoms with Crippen molar-refractivity contribution >= 4 is 11.6 Å². The maximum atomic E-state index is 12.3. The van der Waals surface area contributed by atoms with Gasteiger partial charge in [-0.15, -0.1) is 0 Å². The zero-order valence-corrected chi connectivity index (χ0v) is 13.2. The van der Waals surface area contributed by atoms with Gasteiger partial charge in [0.05, 0.1) is 0 Å². The molecule has 1 unspecified atom stereocenters. The molecule has 1 rings (SSSR count). The second-order valence-electron chi connectivity index (χ2n) is 6.41. The Hall–Kier alpha value is -1.55. The van der Waals surface area contributed by atoms with Gasteiger partial charge in [0.15, 0.2) is 0 Å². The number of rotatable bonds is 5. The fourth-order valence-corrected chi connectivity index (χ4v) is 2.04. The second kappa shape index (κ2) is 6.75. The quantitative estimate of drug-likeness (QED) is 0.868. The number of nitrogens with two attached hydrogens (primary N) is 1. The number of nitrogens with one attached hydrogen (secondary N) is 1. The van der Waals surface area contributed by atoms with Gasteiger partial charge in [0.25, 0.3) is 5.91 Å². The summed E-state index contributed by atoms with van der Waals surface area (Å²) in [5, 5.41) is 3.09. The number of nitrogens with zero attached hydrogens (tertiary/aromatic N) is 1. The molecule has 0 aliphatic heterocycles. The summed E-state index contributed by atoms with van der Waals surface area (Å²) in [6.07, 6.45) is 0.783. The highest BCUT2D eigenvalue weighted by molar-refractivity contribution is 5.94. The zero-order valence-electron chi connectivity index (χ0n) is 13.2. The molecule has 4 heteroatoms. The fraction of sp³-hybridized carbons (Fsp3) is 0.562. The molecule has 1 atom stereocenters. The fourth-order valence-electron chi connectivity index (χ4n) is 2.04. The minimum Gasteiger partial charge on any atom is -0.378 e. The van der Waals surface area contributed by atoms with E-state index in [1.807, 2.05) is 43.3 Å². The van der Waals surface area contributed by atoms with Crippen LogP contribution in [0.25, 0.3) is 0 Å². The molecule has 112 valence electrons. The van der Waals surface area contributed by atoms with E-state index in [1.165, 1.54) is 0 Å². The Morgan fingerprint density at radius 2 is 1.80 bits per heavy atom. The highest BCUT2D eigenvalue weighted by atomic mass is 16.1. The molecule has 0 aliphatic rings. The average molecular weight is 277 g/mol. The van der Waals surface area contributed by atoms with Crippen LogP contribution in [0, 0.1) is 5.41 Å². The highest BCUT2D eigenvalue weighted by Crippen LogP contribution is 2.22. The molecule has 0 radical (unpaired) electrons. The normalized spacial score (nSPS) is 12.9. The minimum atomic E-state index is -0.0383. The summed E-state index contributed by atoms with van der Waals surface area (Å²) in [6.45, 7) is 6.91. The Bertz CT molecular complexity index is 432. The Labute approximate surface area is 122 Å². The van der Waals surface area contributed by atoms with Crippen molar-refractivity contribution in [1.82, 2.24) is 5.32 Å². The maximum Gasteiger partial charge on any atom is 0.251 e. The molecule has 0 fully saturated rings. The number of hydrogen-bond acceptors (Lipinski definition) is 3. The van der Waals surface area contributed by atoms with Crippen molar-refractivity contribution in [3.05, 3.63) is 29.8 Å². The first-order valence-electron chi connectivity index (χ1n) is 7.04. The molecule has 1 amide bonds. The van der Waals surface area contributed by atoms with E-state index in [-0.39, 0.29) is 17.4 Å². The van der Waals surface area contributed by atoms with Crippen LogP contribution in [0.3, 0.4) is 0 Å². The molecule has 1 aromatic carbocycles. The zero-order chi connectivity index (χ0) is 15.3. The smallest absolute Gasteiger partial charge is 0.251 e. The van der Waals surface area contributed by atoms with Crippen LogP contribution in [0.5, 0.6) is 0 Å². The first-order chi connectivity index (χ1) is 9.25. The van der Waals surface area contributed by atoms with Gasteiger partial charge in [0.1, 0.15) is 0 Å². The van der Waals surface area contributed by atoms with E-state index >= 15 is 0 Å². The van der Waals surface area contributed by atoms with Gasteiger partial charge in [-0.25, -0.2) is 0 Å². The topological polar surface area (TPSA) is 58.4 Å². The van der Waals surface area contributed by atoms with Crippen molar-refractivity contribution < 1.29 is 4.79 Å². The minimum absolute atomic E-state index is 0.00138. The van der Waals surface area contributed by atoms with Gasteiger partial charge < -0.3 is 16.0 Å². The first-order valence-corrected chi connectivity index (χ1v) is 7.04. The highest BCUT2D eigenvalue weighted by Gasteiger charge is 2.25. The van der Waals surface area contributed by atoms with Crippen LogP contribution in [0.4, 0.5) is 5.69 Å². The molecule has 4 nitrogen and oxygen atoms in total. The third kappa shape index (κ3) is 4.53. The third-order valence-electron chi connectivity index (χ3n) is 3.45. The molecule has 0 heterocycles. The molecule has 0 aliphatic carbocycles. The van der Waals surface area contributed by atoms with Crippen LogP contribution in [0.15, 0.2) is 24.3 Å². The Balaban J connectivity index is 2.78. The van der Waals surface area contributed by atoms with Crippen molar-refractivity contribution in [3.8, 4) is 0 Å². The van der Waals surface area contributed by atoms with Gasteiger partial charge >= 0.3 is 0 Å². The third-order valence-corrected chi connectivity index (χ3v) is 3.45. The maximum absolute atomic E-state index is 12.3. The Kier molecular flexibility index (Phi) is 5.57. The average Bonchev–Trinajstić information content (AvgIpc) is 2.37. The molecule has 0 saturated carbocycles. The summed E-state index contributed by atoms with van der Waals surface area (Å²) in [5.74, 6) is -0.0383. The predicted molar refractivity (Wildman–Crippen MR) is 85.1 cm³/mol. The second-order valence-corrected chi connectivity index (χ2v) is 6.41. The van der Waals surface area contributed by atoms with Crippen molar-refractivity contribution in [1.29, 1.82) is 0 Å². The number of amides is 1. The van der Waals surface area contributed by atoms with E-state index in [9.17, 15) is 4.79 Å². The van der Waals surface area contributed by atoms with Crippen LogP contribution >= 0.6 is 0 Å². The van der Waals surface area contributed by atoms with E-state index in [0.29, 0.717) is 12.1 Å². The summed E-state index contributed by atoms with van der Waals surface area (Å²) in [7, 11) is 3.96. The largest absolute Gasteiger partial charge is 0.378 e. The number of carbonyl (C=O) groups is 1. The summed E-state index contributed by atoms with van der Waals surface area (Å²) in [5.41, 5.74) is 7.40. The van der Waals surface area contributed by atoms with E-state index in [0.717, 1.165) is 12.1 Å². The number of benzene rings is 1. The SMILES string of the molecule is CN(C)c1ccc(C(=O)NC(CCN)C(C)(C)C)cc1. The Morgan fingerprint density at radius 3 is 2.20 bits per heavy atom. The molecule has 20 heavy (non-hydrogen) atoms. The number of carbonyl (C=O) groups excluding carboxylic acids is 1. The summed E-state index contributed by atoms with van der Waals surface area (Å²) in [6, 6.07) is 7.68. The van der Waals surface area contributed by atoms with Crippen LogP contribution in [-0.4, -0.2) is 32.6 Å². The van der Waals surface area contributed by atoms with Gasteiger partial charge in [-0.1, -0.05) is 20.8 Å². The summed E-state index contributed by atoms with van der Waals surface area (Å²) < 4.78 is 0. The molecule has 0 saturated heterocycles. The monoisotopic (exact) mass is 277 g/mol. The van der Waals surface area contributed by atoms with Gasteiger partial charge in [-0.05, 0) is 42.6 Å². The first kappa shape index (κ1) is 16.5. The lowest BCUT2D eigenvalue weighted by Crippen LogP contribution is -2.44.